The Morgan fingerprint density at radius 2 is 2.31 bits per heavy atom. The zero-order valence-electron chi connectivity index (χ0n) is 8.72. The maximum absolute atomic E-state index is 9.23. The third kappa shape index (κ3) is 2.59. The minimum Gasteiger partial charge on any atom is -0.384 e. The van der Waals surface area contributed by atoms with Crippen LogP contribution in [0.25, 0.3) is 0 Å². The van der Waals surface area contributed by atoms with Gasteiger partial charge in [-0.1, -0.05) is 28.9 Å². The van der Waals surface area contributed by atoms with Gasteiger partial charge < -0.3 is 9.63 Å². The highest BCUT2D eigenvalue weighted by Crippen LogP contribution is 2.15. The first kappa shape index (κ1) is 11.1. The Balaban J connectivity index is 2.14. The summed E-state index contributed by atoms with van der Waals surface area (Å²) in [7, 11) is 0. The number of halogens is 1. The molecule has 1 aromatic carbocycles. The number of benzene rings is 1. The van der Waals surface area contributed by atoms with Crippen LogP contribution in [-0.4, -0.2) is 15.2 Å². The molecule has 0 radical (unpaired) electrons. The van der Waals surface area contributed by atoms with Gasteiger partial charge in [0.1, 0.15) is 6.10 Å². The lowest BCUT2D eigenvalue weighted by molar-refractivity contribution is 0.151. The normalized spacial score (nSPS) is 12.7. The number of hydrogen-bond acceptors (Lipinski definition) is 4. The van der Waals surface area contributed by atoms with Crippen molar-refractivity contribution >= 4 is 11.6 Å². The van der Waals surface area contributed by atoms with Crippen LogP contribution in [-0.2, 0) is 6.42 Å². The Labute approximate surface area is 97.9 Å². The van der Waals surface area contributed by atoms with Crippen LogP contribution in [0.5, 0.6) is 0 Å². The number of nitrogens with zero attached hydrogens (tertiary/aromatic N) is 2. The van der Waals surface area contributed by atoms with Crippen molar-refractivity contribution in [3.8, 4) is 0 Å². The molecule has 5 heteroatoms. The van der Waals surface area contributed by atoms with E-state index < -0.39 is 6.10 Å². The Morgan fingerprint density at radius 1 is 1.50 bits per heavy atom. The molecule has 0 unspecified atom stereocenters. The minimum absolute atomic E-state index is 0.233. The van der Waals surface area contributed by atoms with Crippen molar-refractivity contribution < 1.29 is 9.63 Å². The summed E-state index contributed by atoms with van der Waals surface area (Å²) in [5.74, 6) is 0.773. The molecule has 0 aliphatic carbocycles. The first-order valence-corrected chi connectivity index (χ1v) is 5.28. The average molecular weight is 239 g/mol. The SMILES string of the molecule is C[C@H](O)c1nc(Cc2cccc(Cl)c2)no1. The summed E-state index contributed by atoms with van der Waals surface area (Å²) < 4.78 is 4.88. The van der Waals surface area contributed by atoms with Gasteiger partial charge >= 0.3 is 0 Å². The lowest BCUT2D eigenvalue weighted by Gasteiger charge is -1.96. The van der Waals surface area contributed by atoms with Gasteiger partial charge in [0.25, 0.3) is 5.89 Å². The van der Waals surface area contributed by atoms with Crippen molar-refractivity contribution in [1.29, 1.82) is 0 Å². The maximum Gasteiger partial charge on any atom is 0.255 e. The largest absolute Gasteiger partial charge is 0.384 e. The molecule has 0 saturated carbocycles. The van der Waals surface area contributed by atoms with E-state index in [-0.39, 0.29) is 5.89 Å². The highest BCUT2D eigenvalue weighted by Gasteiger charge is 2.11. The molecule has 0 amide bonds. The summed E-state index contributed by atoms with van der Waals surface area (Å²) in [5, 5.41) is 13.7. The molecule has 1 aromatic heterocycles. The number of rotatable bonds is 3. The van der Waals surface area contributed by atoms with Gasteiger partial charge in [-0.3, -0.25) is 0 Å². The zero-order valence-corrected chi connectivity index (χ0v) is 9.48. The van der Waals surface area contributed by atoms with E-state index in [1.807, 2.05) is 24.3 Å². The smallest absolute Gasteiger partial charge is 0.255 e. The van der Waals surface area contributed by atoms with Crippen LogP contribution in [0.3, 0.4) is 0 Å². The van der Waals surface area contributed by atoms with Crippen LogP contribution in [0, 0.1) is 0 Å². The van der Waals surface area contributed by atoms with Gasteiger partial charge in [-0.15, -0.1) is 0 Å². The quantitative estimate of drug-likeness (QED) is 0.892. The Kier molecular flexibility index (Phi) is 3.22. The van der Waals surface area contributed by atoms with Crippen LogP contribution in [0.4, 0.5) is 0 Å². The topological polar surface area (TPSA) is 59.2 Å². The molecule has 4 nitrogen and oxygen atoms in total. The van der Waals surface area contributed by atoms with E-state index in [1.165, 1.54) is 0 Å². The van der Waals surface area contributed by atoms with Gasteiger partial charge in [-0.25, -0.2) is 0 Å². The number of aliphatic hydroxyl groups is 1. The van der Waals surface area contributed by atoms with E-state index in [1.54, 1.807) is 6.92 Å². The predicted octanol–water partition coefficient (Wildman–Crippen LogP) is 2.37. The van der Waals surface area contributed by atoms with Crippen LogP contribution in [0.15, 0.2) is 28.8 Å². The van der Waals surface area contributed by atoms with Crippen LogP contribution >= 0.6 is 11.6 Å². The van der Waals surface area contributed by atoms with E-state index in [9.17, 15) is 5.11 Å². The van der Waals surface area contributed by atoms with Crippen molar-refractivity contribution in [1.82, 2.24) is 10.1 Å². The molecule has 1 atom stereocenters. The molecular formula is C11H11ClN2O2. The summed E-state index contributed by atoms with van der Waals surface area (Å²) in [6.07, 6.45) is -0.197. The van der Waals surface area contributed by atoms with Crippen LogP contribution < -0.4 is 0 Å². The van der Waals surface area contributed by atoms with Gasteiger partial charge in [0.05, 0.1) is 0 Å². The molecule has 0 bridgehead atoms. The predicted molar refractivity (Wildman–Crippen MR) is 59.2 cm³/mol. The molecule has 1 heterocycles. The summed E-state index contributed by atoms with van der Waals surface area (Å²) in [6.45, 7) is 1.58. The number of aliphatic hydroxyl groups excluding tert-OH is 1. The Hall–Kier alpha value is -1.39. The summed E-state index contributed by atoms with van der Waals surface area (Å²) in [5.41, 5.74) is 1.01. The molecular weight excluding hydrogens is 228 g/mol. The van der Waals surface area contributed by atoms with Gasteiger partial charge in [-0.05, 0) is 24.6 Å². The molecule has 84 valence electrons. The van der Waals surface area contributed by atoms with Crippen molar-refractivity contribution in [3.05, 3.63) is 46.6 Å². The fourth-order valence-electron chi connectivity index (χ4n) is 1.34. The first-order chi connectivity index (χ1) is 7.65. The first-order valence-electron chi connectivity index (χ1n) is 4.90. The van der Waals surface area contributed by atoms with Crippen molar-refractivity contribution in [3.63, 3.8) is 0 Å². The number of hydrogen-bond donors (Lipinski definition) is 1. The van der Waals surface area contributed by atoms with E-state index in [0.29, 0.717) is 17.3 Å². The van der Waals surface area contributed by atoms with E-state index in [0.717, 1.165) is 5.56 Å². The summed E-state index contributed by atoms with van der Waals surface area (Å²) >= 11 is 5.86. The van der Waals surface area contributed by atoms with Crippen molar-refractivity contribution in [2.75, 3.05) is 0 Å². The van der Waals surface area contributed by atoms with Gasteiger partial charge in [0.2, 0.25) is 0 Å². The third-order valence-corrected chi connectivity index (χ3v) is 2.33. The second-order valence-corrected chi connectivity index (χ2v) is 3.97. The van der Waals surface area contributed by atoms with Crippen molar-refractivity contribution in [2.45, 2.75) is 19.4 Å². The molecule has 0 saturated heterocycles. The molecule has 0 fully saturated rings. The van der Waals surface area contributed by atoms with E-state index >= 15 is 0 Å². The Morgan fingerprint density at radius 3 is 2.94 bits per heavy atom. The third-order valence-electron chi connectivity index (χ3n) is 2.09. The fraction of sp³-hybridized carbons (Fsp3) is 0.273. The highest BCUT2D eigenvalue weighted by atomic mass is 35.5. The summed E-state index contributed by atoms with van der Waals surface area (Å²) in [4.78, 5) is 4.06. The van der Waals surface area contributed by atoms with Gasteiger partial charge in [-0.2, -0.15) is 4.98 Å². The van der Waals surface area contributed by atoms with E-state index in [4.69, 9.17) is 16.1 Å². The zero-order chi connectivity index (χ0) is 11.5. The summed E-state index contributed by atoms with van der Waals surface area (Å²) in [6, 6.07) is 7.46. The second-order valence-electron chi connectivity index (χ2n) is 3.53. The molecule has 1 N–H and O–H groups in total. The van der Waals surface area contributed by atoms with Crippen LogP contribution in [0.2, 0.25) is 5.02 Å². The fourth-order valence-corrected chi connectivity index (χ4v) is 1.55. The Bertz CT molecular complexity index is 482. The maximum atomic E-state index is 9.23. The van der Waals surface area contributed by atoms with Gasteiger partial charge in [0.15, 0.2) is 5.82 Å². The minimum atomic E-state index is -0.736. The van der Waals surface area contributed by atoms with Crippen molar-refractivity contribution in [2.24, 2.45) is 0 Å². The van der Waals surface area contributed by atoms with Gasteiger partial charge in [0, 0.05) is 11.4 Å². The van der Waals surface area contributed by atoms with Crippen LogP contribution in [0.1, 0.15) is 30.3 Å². The average Bonchev–Trinajstić information content (AvgIpc) is 2.66. The molecule has 0 aliphatic heterocycles. The monoisotopic (exact) mass is 238 g/mol. The standard InChI is InChI=1S/C11H11ClN2O2/c1-7(15)11-13-10(14-16-11)6-8-3-2-4-9(12)5-8/h2-5,7,15H,6H2,1H3/t7-/m0/s1. The highest BCUT2D eigenvalue weighted by molar-refractivity contribution is 6.30. The number of aromatic nitrogens is 2. The molecule has 0 spiro atoms. The second kappa shape index (κ2) is 4.63. The van der Waals surface area contributed by atoms with E-state index in [2.05, 4.69) is 10.1 Å². The lowest BCUT2D eigenvalue weighted by atomic mass is 10.1. The molecule has 2 rings (SSSR count). The molecule has 2 aromatic rings. The molecule has 16 heavy (non-hydrogen) atoms. The molecule has 0 aliphatic rings. The lowest BCUT2D eigenvalue weighted by Crippen LogP contribution is -1.93.